The lowest BCUT2D eigenvalue weighted by atomic mass is 10.2. The minimum absolute atomic E-state index is 0.141. The van der Waals surface area contributed by atoms with Crippen LogP contribution in [-0.4, -0.2) is 43.0 Å². The van der Waals surface area contributed by atoms with E-state index in [1.165, 1.54) is 37.1 Å². The van der Waals surface area contributed by atoms with Crippen LogP contribution < -0.4 is 10.3 Å². The van der Waals surface area contributed by atoms with E-state index in [0.29, 0.717) is 23.2 Å². The van der Waals surface area contributed by atoms with Crippen LogP contribution in [0.15, 0.2) is 63.0 Å². The summed E-state index contributed by atoms with van der Waals surface area (Å²) in [6.45, 7) is 0.576. The van der Waals surface area contributed by atoms with E-state index in [1.807, 2.05) is 6.07 Å². The third-order valence-corrected chi connectivity index (χ3v) is 6.31. The minimum Gasteiger partial charge on any atom is -0.492 e. The second-order valence-electron chi connectivity index (χ2n) is 6.01. The highest BCUT2D eigenvalue weighted by molar-refractivity contribution is 9.10. The molecule has 3 aromatic rings. The Morgan fingerprint density at radius 3 is 2.52 bits per heavy atom. The van der Waals surface area contributed by atoms with Crippen LogP contribution >= 0.6 is 15.9 Å². The molecule has 2 aromatic carbocycles. The van der Waals surface area contributed by atoms with Crippen molar-refractivity contribution >= 4 is 36.9 Å². The van der Waals surface area contributed by atoms with E-state index in [-0.39, 0.29) is 17.1 Å². The summed E-state index contributed by atoms with van der Waals surface area (Å²) >= 11 is 3.36. The Kier molecular flexibility index (Phi) is 5.64. The van der Waals surface area contributed by atoms with Gasteiger partial charge >= 0.3 is 0 Å². The lowest BCUT2D eigenvalue weighted by molar-refractivity contribution is 0.296. The molecular formula is C18H18BrN3O4S. The van der Waals surface area contributed by atoms with E-state index in [1.54, 1.807) is 24.3 Å². The molecule has 0 spiro atoms. The minimum atomic E-state index is -3.47. The SMILES string of the molecule is CN(C)S(=O)(=O)c1ccc(OCCn2cnc3ccc(Br)cc3c2=O)cc1. The van der Waals surface area contributed by atoms with Crippen molar-refractivity contribution in [1.29, 1.82) is 0 Å². The molecule has 0 unspecified atom stereocenters. The van der Waals surface area contributed by atoms with E-state index >= 15 is 0 Å². The molecule has 1 heterocycles. The van der Waals surface area contributed by atoms with Gasteiger partial charge in [-0.1, -0.05) is 15.9 Å². The maximum atomic E-state index is 12.5. The Morgan fingerprint density at radius 2 is 1.85 bits per heavy atom. The molecule has 3 rings (SSSR count). The molecule has 0 aliphatic rings. The molecule has 0 radical (unpaired) electrons. The highest BCUT2D eigenvalue weighted by Crippen LogP contribution is 2.18. The molecule has 0 saturated carbocycles. The fourth-order valence-electron chi connectivity index (χ4n) is 2.47. The Bertz CT molecular complexity index is 1130. The van der Waals surface area contributed by atoms with Crippen LogP contribution in [0.4, 0.5) is 0 Å². The molecule has 9 heteroatoms. The van der Waals surface area contributed by atoms with Gasteiger partial charge in [0.05, 0.1) is 28.7 Å². The van der Waals surface area contributed by atoms with Gasteiger partial charge in [-0.15, -0.1) is 0 Å². The Morgan fingerprint density at radius 1 is 1.15 bits per heavy atom. The van der Waals surface area contributed by atoms with Gasteiger partial charge < -0.3 is 4.74 Å². The van der Waals surface area contributed by atoms with Gasteiger partial charge in [-0.2, -0.15) is 0 Å². The monoisotopic (exact) mass is 451 g/mol. The molecule has 0 saturated heterocycles. The van der Waals surface area contributed by atoms with Gasteiger partial charge in [0.1, 0.15) is 12.4 Å². The lowest BCUT2D eigenvalue weighted by Gasteiger charge is -2.12. The molecule has 1 aromatic heterocycles. The normalized spacial score (nSPS) is 11.9. The second kappa shape index (κ2) is 7.79. The first-order valence-electron chi connectivity index (χ1n) is 8.09. The van der Waals surface area contributed by atoms with E-state index in [2.05, 4.69) is 20.9 Å². The van der Waals surface area contributed by atoms with Crippen LogP contribution in [0, 0.1) is 0 Å². The van der Waals surface area contributed by atoms with Crippen molar-refractivity contribution in [3.05, 3.63) is 63.6 Å². The Hall–Kier alpha value is -2.23. The maximum absolute atomic E-state index is 12.5. The molecule has 7 nitrogen and oxygen atoms in total. The van der Waals surface area contributed by atoms with Gasteiger partial charge in [-0.05, 0) is 42.5 Å². The van der Waals surface area contributed by atoms with Gasteiger partial charge in [0.2, 0.25) is 10.0 Å². The number of aromatic nitrogens is 2. The summed E-state index contributed by atoms with van der Waals surface area (Å²) in [5.41, 5.74) is 0.496. The molecular weight excluding hydrogens is 434 g/mol. The maximum Gasteiger partial charge on any atom is 0.261 e. The van der Waals surface area contributed by atoms with Crippen molar-refractivity contribution in [2.75, 3.05) is 20.7 Å². The predicted octanol–water partition coefficient (Wildman–Crippen LogP) is 2.49. The lowest BCUT2D eigenvalue weighted by Crippen LogP contribution is -2.23. The van der Waals surface area contributed by atoms with Crippen molar-refractivity contribution in [3.8, 4) is 5.75 Å². The summed E-state index contributed by atoms with van der Waals surface area (Å²) in [5, 5.41) is 0.533. The van der Waals surface area contributed by atoms with Crippen molar-refractivity contribution in [3.63, 3.8) is 0 Å². The smallest absolute Gasteiger partial charge is 0.261 e. The second-order valence-corrected chi connectivity index (χ2v) is 9.08. The quantitative estimate of drug-likeness (QED) is 0.574. The summed E-state index contributed by atoms with van der Waals surface area (Å²) < 4.78 is 33.2. The van der Waals surface area contributed by atoms with E-state index in [4.69, 9.17) is 4.74 Å². The summed E-state index contributed by atoms with van der Waals surface area (Å²) in [5.74, 6) is 0.525. The fraction of sp³-hybridized carbons (Fsp3) is 0.222. The molecule has 0 atom stereocenters. The molecule has 27 heavy (non-hydrogen) atoms. The van der Waals surface area contributed by atoms with E-state index < -0.39 is 10.0 Å². The number of nitrogens with zero attached hydrogens (tertiary/aromatic N) is 3. The Labute approximate surface area is 165 Å². The van der Waals surface area contributed by atoms with Gasteiger partial charge in [-0.25, -0.2) is 17.7 Å². The molecule has 0 fully saturated rings. The molecule has 0 amide bonds. The first-order valence-corrected chi connectivity index (χ1v) is 10.3. The van der Waals surface area contributed by atoms with Crippen LogP contribution in [0.3, 0.4) is 0 Å². The Balaban J connectivity index is 1.69. The van der Waals surface area contributed by atoms with Gasteiger partial charge in [0.15, 0.2) is 0 Å². The average Bonchev–Trinajstić information content (AvgIpc) is 2.64. The number of sulfonamides is 1. The molecule has 0 bridgehead atoms. The van der Waals surface area contributed by atoms with Crippen molar-refractivity contribution < 1.29 is 13.2 Å². The topological polar surface area (TPSA) is 81.5 Å². The molecule has 0 N–H and O–H groups in total. The number of hydrogen-bond acceptors (Lipinski definition) is 5. The predicted molar refractivity (Wildman–Crippen MR) is 107 cm³/mol. The fourth-order valence-corrected chi connectivity index (χ4v) is 3.73. The van der Waals surface area contributed by atoms with Crippen molar-refractivity contribution in [1.82, 2.24) is 13.9 Å². The number of ether oxygens (including phenoxy) is 1. The molecule has 0 aliphatic heterocycles. The summed E-state index contributed by atoms with van der Waals surface area (Å²) in [4.78, 5) is 17.0. The molecule has 0 aliphatic carbocycles. The molecule has 142 valence electrons. The zero-order valence-electron chi connectivity index (χ0n) is 14.8. The summed E-state index contributed by atoms with van der Waals surface area (Å²) in [6, 6.07) is 11.5. The van der Waals surface area contributed by atoms with Gasteiger partial charge in [0, 0.05) is 18.6 Å². The highest BCUT2D eigenvalue weighted by Gasteiger charge is 2.16. The van der Waals surface area contributed by atoms with Crippen molar-refractivity contribution in [2.24, 2.45) is 0 Å². The van der Waals surface area contributed by atoms with Crippen LogP contribution in [0.2, 0.25) is 0 Å². The third-order valence-electron chi connectivity index (χ3n) is 3.99. The standard InChI is InChI=1S/C18H18BrN3O4S/c1-21(2)27(24,25)15-6-4-14(5-7-15)26-10-9-22-12-20-17-8-3-13(19)11-16(17)18(22)23/h3-8,11-12H,9-10H2,1-2H3. The van der Waals surface area contributed by atoms with Crippen LogP contribution in [0.1, 0.15) is 0 Å². The highest BCUT2D eigenvalue weighted by atomic mass is 79.9. The van der Waals surface area contributed by atoms with E-state index in [9.17, 15) is 13.2 Å². The first-order chi connectivity index (χ1) is 12.8. The van der Waals surface area contributed by atoms with Crippen LogP contribution in [-0.2, 0) is 16.6 Å². The van der Waals surface area contributed by atoms with Crippen LogP contribution in [0.25, 0.3) is 10.9 Å². The van der Waals surface area contributed by atoms with E-state index in [0.717, 1.165) is 8.78 Å². The number of hydrogen-bond donors (Lipinski definition) is 0. The number of rotatable bonds is 6. The van der Waals surface area contributed by atoms with Gasteiger partial charge in [0.25, 0.3) is 5.56 Å². The largest absolute Gasteiger partial charge is 0.492 e. The zero-order chi connectivity index (χ0) is 19.6. The number of halogens is 1. The summed E-state index contributed by atoms with van der Waals surface area (Å²) in [7, 11) is -0.507. The van der Waals surface area contributed by atoms with Gasteiger partial charge in [-0.3, -0.25) is 9.36 Å². The average molecular weight is 452 g/mol. The zero-order valence-corrected chi connectivity index (χ0v) is 17.2. The number of benzene rings is 2. The number of fused-ring (bicyclic) bond motifs is 1. The van der Waals surface area contributed by atoms with Crippen LogP contribution in [0.5, 0.6) is 5.75 Å². The summed E-state index contributed by atoms with van der Waals surface area (Å²) in [6.07, 6.45) is 1.49. The first kappa shape index (κ1) is 19.5. The third kappa shape index (κ3) is 4.20. The van der Waals surface area contributed by atoms with Crippen molar-refractivity contribution in [2.45, 2.75) is 11.4 Å².